The molecule has 3 aromatic heterocycles. The molecule has 32 heavy (non-hydrogen) atoms. The molecule has 5 rings (SSSR count). The third-order valence-electron chi connectivity index (χ3n) is 5.25. The summed E-state index contributed by atoms with van der Waals surface area (Å²) in [5.74, 6) is -0.848. The van der Waals surface area contributed by atoms with Gasteiger partial charge >= 0.3 is 5.97 Å². The number of nitrogens with zero attached hydrogens (tertiary/aromatic N) is 2. The number of nitrogens with one attached hydrogen (secondary N) is 2. The van der Waals surface area contributed by atoms with E-state index < -0.39 is 5.97 Å². The quantitative estimate of drug-likeness (QED) is 0.405. The number of carbonyl (C=O) groups excluding carboxylic acids is 2. The van der Waals surface area contributed by atoms with Crippen molar-refractivity contribution in [1.82, 2.24) is 15.0 Å². The Morgan fingerprint density at radius 3 is 2.69 bits per heavy atom. The zero-order valence-electron chi connectivity index (χ0n) is 17.1. The number of methoxy groups -OCH3 is 1. The molecule has 7 heteroatoms. The van der Waals surface area contributed by atoms with E-state index in [2.05, 4.69) is 20.3 Å². The molecule has 0 bridgehead atoms. The lowest BCUT2D eigenvalue weighted by atomic mass is 10.0. The largest absolute Gasteiger partial charge is 0.465 e. The van der Waals surface area contributed by atoms with Crippen LogP contribution in [0.3, 0.4) is 0 Å². The molecule has 0 spiro atoms. The summed E-state index contributed by atoms with van der Waals surface area (Å²) in [5.41, 5.74) is 3.63. The number of anilines is 1. The van der Waals surface area contributed by atoms with E-state index in [0.717, 1.165) is 32.9 Å². The highest BCUT2D eigenvalue weighted by Crippen LogP contribution is 2.26. The van der Waals surface area contributed by atoms with Gasteiger partial charge < -0.3 is 15.0 Å². The molecular formula is C25H18N4O3. The standard InChI is InChI=1S/C25H18N4O3/c1-32-25(31)21-13-19(11-16-4-2-3-5-20(16)21)29-24(30)22-12-15(6-8-26-22)18-10-17-7-9-27-23(17)28-14-18/h2-14H,1H3,(H,27,28)(H,29,30). The SMILES string of the molecule is COC(=O)c1cc(NC(=O)c2cc(-c3cnc4[nH]ccc4c3)ccn2)cc2ccccc12. The topological polar surface area (TPSA) is 97.0 Å². The number of hydrogen-bond donors (Lipinski definition) is 2. The molecule has 0 saturated heterocycles. The molecule has 7 nitrogen and oxygen atoms in total. The molecule has 0 atom stereocenters. The molecule has 156 valence electrons. The van der Waals surface area contributed by atoms with Crippen molar-refractivity contribution in [3.8, 4) is 11.1 Å². The summed E-state index contributed by atoms with van der Waals surface area (Å²) >= 11 is 0. The van der Waals surface area contributed by atoms with Gasteiger partial charge in [-0.1, -0.05) is 24.3 Å². The minimum absolute atomic E-state index is 0.254. The lowest BCUT2D eigenvalue weighted by molar-refractivity contribution is 0.0603. The maximum atomic E-state index is 12.9. The first-order chi connectivity index (χ1) is 15.6. The smallest absolute Gasteiger partial charge is 0.338 e. The normalized spacial score (nSPS) is 10.9. The number of hydrogen-bond acceptors (Lipinski definition) is 5. The predicted octanol–water partition coefficient (Wildman–Crippen LogP) is 4.82. The monoisotopic (exact) mass is 422 g/mol. The van der Waals surface area contributed by atoms with Crippen LogP contribution in [0.25, 0.3) is 32.9 Å². The van der Waals surface area contributed by atoms with E-state index in [0.29, 0.717) is 11.3 Å². The van der Waals surface area contributed by atoms with Gasteiger partial charge in [0.2, 0.25) is 0 Å². The molecule has 0 aliphatic heterocycles. The van der Waals surface area contributed by atoms with E-state index in [9.17, 15) is 9.59 Å². The Balaban J connectivity index is 1.47. The highest BCUT2D eigenvalue weighted by molar-refractivity contribution is 6.09. The first-order valence-corrected chi connectivity index (χ1v) is 9.94. The van der Waals surface area contributed by atoms with E-state index in [1.807, 2.05) is 54.7 Å². The molecule has 0 unspecified atom stereocenters. The number of fused-ring (bicyclic) bond motifs is 2. The van der Waals surface area contributed by atoms with Crippen LogP contribution in [0.1, 0.15) is 20.8 Å². The zero-order valence-corrected chi connectivity index (χ0v) is 17.1. The minimum atomic E-state index is -0.468. The van der Waals surface area contributed by atoms with Crippen LogP contribution in [0.15, 0.2) is 79.3 Å². The van der Waals surface area contributed by atoms with Gasteiger partial charge in [-0.3, -0.25) is 9.78 Å². The molecule has 5 aromatic rings. The fourth-order valence-corrected chi connectivity index (χ4v) is 3.69. The summed E-state index contributed by atoms with van der Waals surface area (Å²) in [6, 6.07) is 18.4. The van der Waals surface area contributed by atoms with Crippen LogP contribution in [-0.2, 0) is 4.74 Å². The van der Waals surface area contributed by atoms with Crippen molar-refractivity contribution in [2.75, 3.05) is 12.4 Å². The van der Waals surface area contributed by atoms with Crippen LogP contribution in [-0.4, -0.2) is 33.9 Å². The second-order valence-electron chi connectivity index (χ2n) is 7.26. The van der Waals surface area contributed by atoms with Gasteiger partial charge in [-0.05, 0) is 52.7 Å². The van der Waals surface area contributed by atoms with Gasteiger partial charge in [-0.25, -0.2) is 9.78 Å². The molecule has 2 N–H and O–H groups in total. The minimum Gasteiger partial charge on any atom is -0.465 e. The van der Waals surface area contributed by atoms with Gasteiger partial charge in [0, 0.05) is 35.2 Å². The number of carbonyl (C=O) groups is 2. The van der Waals surface area contributed by atoms with Crippen molar-refractivity contribution in [2.24, 2.45) is 0 Å². The average Bonchev–Trinajstić information content (AvgIpc) is 3.31. The average molecular weight is 422 g/mol. The predicted molar refractivity (Wildman–Crippen MR) is 123 cm³/mol. The Hall–Kier alpha value is -4.52. The van der Waals surface area contributed by atoms with Gasteiger partial charge in [0.25, 0.3) is 5.91 Å². The third-order valence-corrected chi connectivity index (χ3v) is 5.25. The number of rotatable bonds is 4. The lowest BCUT2D eigenvalue weighted by Crippen LogP contribution is -2.14. The summed E-state index contributed by atoms with van der Waals surface area (Å²) in [5, 5.41) is 5.40. The summed E-state index contributed by atoms with van der Waals surface area (Å²) in [7, 11) is 1.33. The maximum absolute atomic E-state index is 12.9. The molecule has 2 aromatic carbocycles. The molecule has 0 aliphatic rings. The summed E-state index contributed by atoms with van der Waals surface area (Å²) in [4.78, 5) is 36.9. The van der Waals surface area contributed by atoms with E-state index in [1.165, 1.54) is 7.11 Å². The van der Waals surface area contributed by atoms with Crippen molar-refractivity contribution in [3.63, 3.8) is 0 Å². The molecule has 1 amide bonds. The van der Waals surface area contributed by atoms with Crippen LogP contribution >= 0.6 is 0 Å². The Kier molecular flexibility index (Phi) is 4.84. The lowest BCUT2D eigenvalue weighted by Gasteiger charge is -2.11. The molecular weight excluding hydrogens is 404 g/mol. The number of aromatic nitrogens is 3. The molecule has 0 saturated carbocycles. The second kappa shape index (κ2) is 7.96. The van der Waals surface area contributed by atoms with Gasteiger partial charge in [0.1, 0.15) is 11.3 Å². The Morgan fingerprint density at radius 1 is 0.938 bits per heavy atom. The van der Waals surface area contributed by atoms with Gasteiger partial charge in [0.05, 0.1) is 12.7 Å². The van der Waals surface area contributed by atoms with E-state index in [4.69, 9.17) is 4.74 Å². The molecule has 0 radical (unpaired) electrons. The van der Waals surface area contributed by atoms with E-state index >= 15 is 0 Å². The van der Waals surface area contributed by atoms with E-state index in [-0.39, 0.29) is 11.6 Å². The fraction of sp³-hybridized carbons (Fsp3) is 0.0400. The van der Waals surface area contributed by atoms with Crippen molar-refractivity contribution in [2.45, 2.75) is 0 Å². The summed E-state index contributed by atoms with van der Waals surface area (Å²) in [6.07, 6.45) is 5.17. The van der Waals surface area contributed by atoms with Crippen molar-refractivity contribution in [1.29, 1.82) is 0 Å². The number of ether oxygens (including phenoxy) is 1. The Bertz CT molecular complexity index is 1490. The van der Waals surface area contributed by atoms with Crippen LogP contribution in [0.2, 0.25) is 0 Å². The second-order valence-corrected chi connectivity index (χ2v) is 7.26. The number of esters is 1. The molecule has 0 fully saturated rings. The molecule has 3 heterocycles. The number of pyridine rings is 2. The number of amides is 1. The van der Waals surface area contributed by atoms with Crippen molar-refractivity contribution >= 4 is 39.4 Å². The first-order valence-electron chi connectivity index (χ1n) is 9.94. The number of aromatic amines is 1. The third kappa shape index (κ3) is 3.56. The highest BCUT2D eigenvalue weighted by Gasteiger charge is 2.15. The maximum Gasteiger partial charge on any atom is 0.338 e. The Labute approximate surface area is 183 Å². The van der Waals surface area contributed by atoms with Gasteiger partial charge in [0.15, 0.2) is 0 Å². The summed E-state index contributed by atoms with van der Waals surface area (Å²) in [6.45, 7) is 0. The number of H-pyrrole nitrogens is 1. The fourth-order valence-electron chi connectivity index (χ4n) is 3.69. The van der Waals surface area contributed by atoms with Crippen molar-refractivity contribution in [3.05, 3.63) is 90.5 Å². The Morgan fingerprint density at radius 2 is 1.81 bits per heavy atom. The van der Waals surface area contributed by atoms with Crippen molar-refractivity contribution < 1.29 is 14.3 Å². The zero-order chi connectivity index (χ0) is 22.1. The number of benzene rings is 2. The van der Waals surface area contributed by atoms with Gasteiger partial charge in [-0.15, -0.1) is 0 Å². The van der Waals surface area contributed by atoms with Gasteiger partial charge in [-0.2, -0.15) is 0 Å². The molecule has 0 aliphatic carbocycles. The van der Waals surface area contributed by atoms with Crippen LogP contribution in [0, 0.1) is 0 Å². The van der Waals surface area contributed by atoms with Crippen LogP contribution < -0.4 is 5.32 Å². The summed E-state index contributed by atoms with van der Waals surface area (Å²) < 4.78 is 4.91. The van der Waals surface area contributed by atoms with Crippen LogP contribution in [0.5, 0.6) is 0 Å². The van der Waals surface area contributed by atoms with Crippen LogP contribution in [0.4, 0.5) is 5.69 Å². The highest BCUT2D eigenvalue weighted by atomic mass is 16.5. The van der Waals surface area contributed by atoms with E-state index in [1.54, 1.807) is 24.5 Å². The first kappa shape index (κ1) is 19.4.